The van der Waals surface area contributed by atoms with Crippen molar-refractivity contribution >= 4 is 12.4 Å². The number of benzene rings is 1. The van der Waals surface area contributed by atoms with Crippen molar-refractivity contribution < 1.29 is 13.2 Å². The first-order chi connectivity index (χ1) is 9.79. The Morgan fingerprint density at radius 2 is 1.77 bits per heavy atom. The van der Waals surface area contributed by atoms with E-state index in [9.17, 15) is 13.2 Å². The van der Waals surface area contributed by atoms with Gasteiger partial charge in [0.1, 0.15) is 0 Å². The third-order valence-corrected chi connectivity index (χ3v) is 4.50. The average molecular weight is 337 g/mol. The zero-order valence-electron chi connectivity index (χ0n) is 12.9. The van der Waals surface area contributed by atoms with Crippen LogP contribution in [0.5, 0.6) is 0 Å². The van der Waals surface area contributed by atoms with E-state index in [1.165, 1.54) is 12.1 Å². The summed E-state index contributed by atoms with van der Waals surface area (Å²) in [6.07, 6.45) is -2.04. The molecular weight excluding hydrogens is 313 g/mol. The normalized spacial score (nSPS) is 22.7. The topological polar surface area (TPSA) is 29.3 Å². The first-order valence-electron chi connectivity index (χ1n) is 7.46. The zero-order chi connectivity index (χ0) is 15.6. The van der Waals surface area contributed by atoms with Crippen molar-refractivity contribution in [3.8, 4) is 0 Å². The van der Waals surface area contributed by atoms with Gasteiger partial charge in [-0.3, -0.25) is 4.90 Å². The molecule has 1 heterocycles. The second-order valence-electron chi connectivity index (χ2n) is 6.05. The Morgan fingerprint density at radius 3 is 2.27 bits per heavy atom. The van der Waals surface area contributed by atoms with Crippen LogP contribution in [0.3, 0.4) is 0 Å². The Balaban J connectivity index is 0.00000242. The van der Waals surface area contributed by atoms with Crippen LogP contribution in [0.1, 0.15) is 43.9 Å². The van der Waals surface area contributed by atoms with Crippen molar-refractivity contribution in [2.24, 2.45) is 11.7 Å². The minimum atomic E-state index is -4.27. The average Bonchev–Trinajstić information content (AvgIpc) is 2.46. The number of likely N-dealkylation sites (tertiary alicyclic amines) is 1. The van der Waals surface area contributed by atoms with E-state index in [1.807, 2.05) is 13.8 Å². The van der Waals surface area contributed by atoms with Gasteiger partial charge in [-0.2, -0.15) is 13.2 Å². The summed E-state index contributed by atoms with van der Waals surface area (Å²) in [5, 5.41) is 0. The number of hydrogen-bond acceptors (Lipinski definition) is 2. The van der Waals surface area contributed by atoms with Gasteiger partial charge in [-0.05, 0) is 56.8 Å². The number of halogens is 4. The molecule has 1 aliphatic rings. The number of piperidine rings is 1. The second-order valence-corrected chi connectivity index (χ2v) is 6.05. The van der Waals surface area contributed by atoms with E-state index in [0.29, 0.717) is 5.92 Å². The molecule has 1 saturated heterocycles. The van der Waals surface area contributed by atoms with Crippen LogP contribution in [0, 0.1) is 5.92 Å². The SMILES string of the molecule is CC(N)C1CCCN(C(C)c2ccc(C(F)(F)F)cc2)C1.Cl. The first kappa shape index (κ1) is 19.3. The van der Waals surface area contributed by atoms with Crippen LogP contribution in [0.2, 0.25) is 0 Å². The molecule has 0 radical (unpaired) electrons. The van der Waals surface area contributed by atoms with Crippen LogP contribution in [0.4, 0.5) is 13.2 Å². The predicted octanol–water partition coefficient (Wildman–Crippen LogP) is 4.25. The molecule has 1 aromatic carbocycles. The summed E-state index contributed by atoms with van der Waals surface area (Å²) in [4.78, 5) is 2.32. The van der Waals surface area contributed by atoms with Crippen molar-refractivity contribution in [1.29, 1.82) is 0 Å². The van der Waals surface area contributed by atoms with E-state index >= 15 is 0 Å². The molecule has 1 aromatic rings. The molecule has 22 heavy (non-hydrogen) atoms. The Morgan fingerprint density at radius 1 is 1.18 bits per heavy atom. The maximum Gasteiger partial charge on any atom is 0.416 e. The van der Waals surface area contributed by atoms with Gasteiger partial charge in [-0.15, -0.1) is 12.4 Å². The highest BCUT2D eigenvalue weighted by Crippen LogP contribution is 2.32. The molecule has 0 saturated carbocycles. The largest absolute Gasteiger partial charge is 0.416 e. The molecule has 2 rings (SSSR count). The van der Waals surface area contributed by atoms with E-state index in [1.54, 1.807) is 12.1 Å². The third-order valence-electron chi connectivity index (χ3n) is 4.50. The van der Waals surface area contributed by atoms with Gasteiger partial charge in [0.2, 0.25) is 0 Å². The molecule has 2 N–H and O–H groups in total. The molecule has 1 fully saturated rings. The molecule has 0 spiro atoms. The fraction of sp³-hybridized carbons (Fsp3) is 0.625. The highest BCUT2D eigenvalue weighted by molar-refractivity contribution is 5.85. The minimum Gasteiger partial charge on any atom is -0.328 e. The summed E-state index contributed by atoms with van der Waals surface area (Å²) in [6, 6.07) is 5.78. The summed E-state index contributed by atoms with van der Waals surface area (Å²) in [5.74, 6) is 0.468. The number of nitrogens with zero attached hydrogens (tertiary/aromatic N) is 1. The summed E-state index contributed by atoms with van der Waals surface area (Å²) in [5.41, 5.74) is 6.32. The van der Waals surface area contributed by atoms with Crippen molar-refractivity contribution in [3.05, 3.63) is 35.4 Å². The predicted molar refractivity (Wildman–Crippen MR) is 85.1 cm³/mol. The van der Waals surface area contributed by atoms with Gasteiger partial charge < -0.3 is 5.73 Å². The van der Waals surface area contributed by atoms with Gasteiger partial charge >= 0.3 is 6.18 Å². The van der Waals surface area contributed by atoms with Crippen LogP contribution in [0.25, 0.3) is 0 Å². The fourth-order valence-corrected chi connectivity index (χ4v) is 2.98. The molecule has 2 nitrogen and oxygen atoms in total. The Labute approximate surface area is 136 Å². The Hall–Kier alpha value is -0.780. The standard InChI is InChI=1S/C16H23F3N2.ClH/c1-11(20)14-4-3-9-21(10-14)12(2)13-5-7-15(8-6-13)16(17,18)19;/h5-8,11-12,14H,3-4,9-10,20H2,1-2H3;1H. The molecule has 0 amide bonds. The fourth-order valence-electron chi connectivity index (χ4n) is 2.98. The van der Waals surface area contributed by atoms with Gasteiger partial charge in [-0.1, -0.05) is 12.1 Å². The van der Waals surface area contributed by atoms with Gasteiger partial charge in [0.15, 0.2) is 0 Å². The van der Waals surface area contributed by atoms with Crippen molar-refractivity contribution in [2.75, 3.05) is 13.1 Å². The van der Waals surface area contributed by atoms with Crippen LogP contribution in [-0.2, 0) is 6.18 Å². The molecule has 1 aliphatic heterocycles. The van der Waals surface area contributed by atoms with Crippen LogP contribution in [-0.4, -0.2) is 24.0 Å². The molecule has 0 bridgehead atoms. The van der Waals surface area contributed by atoms with Crippen molar-refractivity contribution in [1.82, 2.24) is 4.90 Å². The van der Waals surface area contributed by atoms with Crippen LogP contribution < -0.4 is 5.73 Å². The molecule has 3 atom stereocenters. The maximum absolute atomic E-state index is 12.6. The van der Waals surface area contributed by atoms with E-state index in [4.69, 9.17) is 5.73 Å². The molecule has 0 aliphatic carbocycles. The number of alkyl halides is 3. The zero-order valence-corrected chi connectivity index (χ0v) is 13.8. The number of hydrogen-bond donors (Lipinski definition) is 1. The highest BCUT2D eigenvalue weighted by atomic mass is 35.5. The lowest BCUT2D eigenvalue weighted by molar-refractivity contribution is -0.137. The molecular formula is C16H24ClF3N2. The van der Waals surface area contributed by atoms with Gasteiger partial charge in [0.25, 0.3) is 0 Å². The molecule has 3 unspecified atom stereocenters. The number of rotatable bonds is 3. The lowest BCUT2D eigenvalue weighted by Crippen LogP contribution is -2.43. The van der Waals surface area contributed by atoms with Crippen molar-refractivity contribution in [3.63, 3.8) is 0 Å². The maximum atomic E-state index is 12.6. The van der Waals surface area contributed by atoms with E-state index < -0.39 is 11.7 Å². The first-order valence-corrected chi connectivity index (χ1v) is 7.46. The summed E-state index contributed by atoms with van der Waals surface area (Å²) < 4.78 is 37.8. The van der Waals surface area contributed by atoms with Gasteiger partial charge in [0.05, 0.1) is 5.56 Å². The molecule has 126 valence electrons. The molecule has 6 heteroatoms. The molecule has 0 aromatic heterocycles. The van der Waals surface area contributed by atoms with E-state index in [2.05, 4.69) is 4.90 Å². The second kappa shape index (κ2) is 7.66. The monoisotopic (exact) mass is 336 g/mol. The quantitative estimate of drug-likeness (QED) is 0.894. The lowest BCUT2D eigenvalue weighted by Gasteiger charge is -2.38. The summed E-state index contributed by atoms with van der Waals surface area (Å²) in [6.45, 7) is 5.97. The Kier molecular flexibility index (Phi) is 6.71. The van der Waals surface area contributed by atoms with E-state index in [-0.39, 0.29) is 24.5 Å². The number of nitrogens with two attached hydrogens (primary N) is 1. The van der Waals surface area contributed by atoms with Gasteiger partial charge in [-0.25, -0.2) is 0 Å². The van der Waals surface area contributed by atoms with Crippen LogP contribution in [0.15, 0.2) is 24.3 Å². The minimum absolute atomic E-state index is 0. The van der Waals surface area contributed by atoms with Crippen LogP contribution >= 0.6 is 12.4 Å². The smallest absolute Gasteiger partial charge is 0.328 e. The van der Waals surface area contributed by atoms with Crippen molar-refractivity contribution in [2.45, 2.75) is 44.9 Å². The Bertz CT molecular complexity index is 459. The lowest BCUT2D eigenvalue weighted by atomic mass is 9.90. The summed E-state index contributed by atoms with van der Waals surface area (Å²) >= 11 is 0. The third kappa shape index (κ3) is 4.61. The van der Waals surface area contributed by atoms with Gasteiger partial charge in [0, 0.05) is 18.6 Å². The highest BCUT2D eigenvalue weighted by Gasteiger charge is 2.31. The van der Waals surface area contributed by atoms with E-state index in [0.717, 1.165) is 31.5 Å². The summed E-state index contributed by atoms with van der Waals surface area (Å²) in [7, 11) is 0.